The van der Waals surface area contributed by atoms with E-state index in [1.54, 1.807) is 0 Å². The van der Waals surface area contributed by atoms with E-state index in [0.29, 0.717) is 11.8 Å². The van der Waals surface area contributed by atoms with Crippen molar-refractivity contribution in [1.82, 2.24) is 0 Å². The minimum atomic E-state index is -2.48. The van der Waals surface area contributed by atoms with E-state index in [0.717, 1.165) is 0 Å². The minimum Gasteiger partial charge on any atom is -0.210 e. The molecule has 0 aliphatic carbocycles. The highest BCUT2D eigenvalue weighted by atomic mass is 32.2. The lowest BCUT2D eigenvalue weighted by molar-refractivity contribution is 0.171. The average molecular weight is 162 g/mol. The van der Waals surface area contributed by atoms with Crippen LogP contribution in [0.2, 0.25) is 0 Å². The lowest BCUT2D eigenvalue weighted by atomic mass is 10.8. The molecule has 0 aliphatic heterocycles. The third kappa shape index (κ3) is 8.07. The quantitative estimate of drug-likeness (QED) is 0.571. The highest BCUT2D eigenvalue weighted by Crippen LogP contribution is 2.10. The van der Waals surface area contributed by atoms with Gasteiger partial charge in [0.05, 0.1) is 11.5 Å². The number of hydrogen-bond donors (Lipinski definition) is 0. The van der Waals surface area contributed by atoms with E-state index in [4.69, 9.17) is 0 Å². The van der Waals surface area contributed by atoms with Crippen molar-refractivity contribution in [1.29, 1.82) is 0 Å². The van der Waals surface area contributed by atoms with Gasteiger partial charge in [0, 0.05) is 0 Å². The largest absolute Gasteiger partial charge is 0.247 e. The van der Waals surface area contributed by atoms with E-state index in [2.05, 4.69) is 0 Å². The summed E-state index contributed by atoms with van der Waals surface area (Å²) in [5, 5.41) is 0. The Morgan fingerprint density at radius 3 is 1.44 bits per heavy atom. The van der Waals surface area contributed by atoms with E-state index >= 15 is 0 Å². The summed E-state index contributed by atoms with van der Waals surface area (Å²) in [6, 6.07) is 0. The summed E-state index contributed by atoms with van der Waals surface area (Å²) in [7, 11) is 0. The van der Waals surface area contributed by atoms with E-state index < -0.39 is 24.4 Å². The molecule has 0 radical (unpaired) electrons. The second-order valence-corrected chi connectivity index (χ2v) is 2.39. The van der Waals surface area contributed by atoms with E-state index in [1.165, 1.54) is 0 Å². The Labute approximate surface area is 54.6 Å². The summed E-state index contributed by atoms with van der Waals surface area (Å²) in [6.07, 6.45) is -4.96. The Bertz CT molecular complexity index is 57.6. The molecule has 0 rings (SSSR count). The first-order chi connectivity index (χ1) is 4.13. The van der Waals surface area contributed by atoms with E-state index in [-0.39, 0.29) is 0 Å². The highest BCUT2D eigenvalue weighted by Gasteiger charge is 2.06. The molecule has 0 aromatic rings. The van der Waals surface area contributed by atoms with Crippen LogP contribution >= 0.6 is 11.8 Å². The molecular formula is C4H6F4S. The molecule has 0 bridgehead atoms. The van der Waals surface area contributed by atoms with Crippen molar-refractivity contribution >= 4 is 11.8 Å². The molecular weight excluding hydrogens is 156 g/mol. The van der Waals surface area contributed by atoms with Gasteiger partial charge in [-0.3, -0.25) is 0 Å². The van der Waals surface area contributed by atoms with Crippen LogP contribution < -0.4 is 0 Å². The summed E-state index contributed by atoms with van der Waals surface area (Å²) in [5.74, 6) is -0.991. The number of hydrogen-bond acceptors (Lipinski definition) is 1. The summed E-state index contributed by atoms with van der Waals surface area (Å²) in [6.45, 7) is 0. The second-order valence-electron chi connectivity index (χ2n) is 1.32. The fourth-order valence-electron chi connectivity index (χ4n) is 0.246. The van der Waals surface area contributed by atoms with Gasteiger partial charge in [-0.15, -0.1) is 0 Å². The molecule has 0 fully saturated rings. The van der Waals surface area contributed by atoms with E-state index in [9.17, 15) is 17.6 Å². The van der Waals surface area contributed by atoms with Crippen LogP contribution in [0.15, 0.2) is 0 Å². The molecule has 0 saturated carbocycles. The predicted molar refractivity (Wildman–Crippen MR) is 29.3 cm³/mol. The molecule has 0 aliphatic rings. The van der Waals surface area contributed by atoms with Gasteiger partial charge in [0.15, 0.2) is 0 Å². The van der Waals surface area contributed by atoms with Gasteiger partial charge in [0.2, 0.25) is 12.9 Å². The molecule has 56 valence electrons. The van der Waals surface area contributed by atoms with Crippen molar-refractivity contribution in [2.75, 3.05) is 11.5 Å². The zero-order chi connectivity index (χ0) is 7.28. The van der Waals surface area contributed by atoms with Crippen molar-refractivity contribution < 1.29 is 17.6 Å². The Morgan fingerprint density at radius 2 is 1.22 bits per heavy atom. The van der Waals surface area contributed by atoms with Crippen molar-refractivity contribution in [3.8, 4) is 0 Å². The first kappa shape index (κ1) is 9.07. The number of alkyl halides is 4. The zero-order valence-corrected chi connectivity index (χ0v) is 5.31. The monoisotopic (exact) mass is 162 g/mol. The van der Waals surface area contributed by atoms with Crippen molar-refractivity contribution in [3.05, 3.63) is 0 Å². The fourth-order valence-corrected chi connectivity index (χ4v) is 0.739. The first-order valence-corrected chi connectivity index (χ1v) is 3.42. The lowest BCUT2D eigenvalue weighted by Crippen LogP contribution is -2.00. The van der Waals surface area contributed by atoms with Gasteiger partial charge < -0.3 is 0 Å². The third-order valence-corrected chi connectivity index (χ3v) is 1.46. The van der Waals surface area contributed by atoms with Crippen molar-refractivity contribution in [2.45, 2.75) is 12.9 Å². The standard InChI is InChI=1S/C4H6F4S/c5-3(6)1-9-2-4(7)8/h3-4H,1-2H2. The van der Waals surface area contributed by atoms with Crippen LogP contribution in [-0.4, -0.2) is 24.4 Å². The fraction of sp³-hybridized carbons (Fsp3) is 1.00. The van der Waals surface area contributed by atoms with Crippen LogP contribution in [0.4, 0.5) is 17.6 Å². The molecule has 0 N–H and O–H groups in total. The molecule has 0 amide bonds. The summed E-state index contributed by atoms with van der Waals surface area (Å²) >= 11 is 0.569. The van der Waals surface area contributed by atoms with Gasteiger partial charge in [-0.1, -0.05) is 0 Å². The molecule has 0 nitrogen and oxygen atoms in total. The molecule has 5 heteroatoms. The maximum atomic E-state index is 11.2. The van der Waals surface area contributed by atoms with Crippen molar-refractivity contribution in [3.63, 3.8) is 0 Å². The SMILES string of the molecule is FC(F)CSCC(F)F. The number of thioether (sulfide) groups is 1. The van der Waals surface area contributed by atoms with Gasteiger partial charge >= 0.3 is 0 Å². The maximum Gasteiger partial charge on any atom is 0.247 e. The molecule has 0 heterocycles. The number of halogens is 4. The first-order valence-electron chi connectivity index (χ1n) is 2.27. The van der Waals surface area contributed by atoms with Crippen LogP contribution in [-0.2, 0) is 0 Å². The van der Waals surface area contributed by atoms with Gasteiger partial charge in [0.25, 0.3) is 0 Å². The summed E-state index contributed by atoms with van der Waals surface area (Å²) in [4.78, 5) is 0. The van der Waals surface area contributed by atoms with Crippen molar-refractivity contribution in [2.24, 2.45) is 0 Å². The molecule has 9 heavy (non-hydrogen) atoms. The third-order valence-electron chi connectivity index (χ3n) is 0.488. The molecule has 0 saturated heterocycles. The smallest absolute Gasteiger partial charge is 0.210 e. The lowest BCUT2D eigenvalue weighted by Gasteiger charge is -1.97. The maximum absolute atomic E-state index is 11.2. The van der Waals surface area contributed by atoms with Gasteiger partial charge in [-0.25, -0.2) is 17.6 Å². The summed E-state index contributed by atoms with van der Waals surface area (Å²) in [5.41, 5.74) is 0. The van der Waals surface area contributed by atoms with Crippen LogP contribution in [0.5, 0.6) is 0 Å². The predicted octanol–water partition coefficient (Wildman–Crippen LogP) is 2.25. The van der Waals surface area contributed by atoms with E-state index in [1.807, 2.05) is 0 Å². The second kappa shape index (κ2) is 4.90. The molecule has 0 unspecified atom stereocenters. The van der Waals surface area contributed by atoms with Crippen LogP contribution in [0.1, 0.15) is 0 Å². The average Bonchev–Trinajstić information content (AvgIpc) is 1.63. The minimum absolute atomic E-state index is 0.496. The Hall–Kier alpha value is 0.0700. The Balaban J connectivity index is 2.91. The Morgan fingerprint density at radius 1 is 0.889 bits per heavy atom. The molecule has 0 aromatic carbocycles. The number of rotatable bonds is 4. The van der Waals surface area contributed by atoms with Crippen LogP contribution in [0.3, 0.4) is 0 Å². The normalized spacial score (nSPS) is 11.3. The van der Waals surface area contributed by atoms with Crippen LogP contribution in [0.25, 0.3) is 0 Å². The van der Waals surface area contributed by atoms with Gasteiger partial charge in [0.1, 0.15) is 0 Å². The van der Waals surface area contributed by atoms with Crippen LogP contribution in [0, 0.1) is 0 Å². The highest BCUT2D eigenvalue weighted by molar-refractivity contribution is 7.99. The Kier molecular flexibility index (Phi) is 4.94. The summed E-state index contributed by atoms with van der Waals surface area (Å²) < 4.78 is 44.9. The topological polar surface area (TPSA) is 0 Å². The van der Waals surface area contributed by atoms with Gasteiger partial charge in [-0.05, 0) is 0 Å². The molecule has 0 atom stereocenters. The molecule has 0 aromatic heterocycles. The zero-order valence-electron chi connectivity index (χ0n) is 4.49. The molecule has 0 spiro atoms. The van der Waals surface area contributed by atoms with Gasteiger partial charge in [-0.2, -0.15) is 11.8 Å².